The van der Waals surface area contributed by atoms with Gasteiger partial charge in [-0.15, -0.1) is 0 Å². The van der Waals surface area contributed by atoms with Crippen molar-refractivity contribution in [2.45, 2.75) is 38.3 Å². The molecule has 0 aromatic heterocycles. The maximum Gasteiger partial charge on any atom is 0.0461 e. The lowest BCUT2D eigenvalue weighted by Crippen LogP contribution is -2.25. The third kappa shape index (κ3) is 2.95. The number of hydrogen-bond acceptors (Lipinski definition) is 2. The molecule has 0 spiro atoms. The van der Waals surface area contributed by atoms with Crippen molar-refractivity contribution < 1.29 is 0 Å². The molecule has 0 unspecified atom stereocenters. The molecule has 1 aromatic rings. The first-order valence-electron chi connectivity index (χ1n) is 5.53. The van der Waals surface area contributed by atoms with E-state index < -0.39 is 0 Å². The molecule has 82 valence electrons. The number of hydrogen-bond donors (Lipinski definition) is 2. The van der Waals surface area contributed by atoms with Crippen LogP contribution in [0.3, 0.4) is 0 Å². The van der Waals surface area contributed by atoms with Crippen LogP contribution in [0.5, 0.6) is 0 Å². The van der Waals surface area contributed by atoms with Crippen molar-refractivity contribution in [3.05, 3.63) is 28.2 Å². The van der Waals surface area contributed by atoms with E-state index >= 15 is 0 Å². The van der Waals surface area contributed by atoms with Crippen LogP contribution >= 0.6 is 15.9 Å². The number of nitrogen functional groups attached to an aromatic ring is 1. The van der Waals surface area contributed by atoms with Gasteiger partial charge < -0.3 is 11.1 Å². The Morgan fingerprint density at radius 3 is 2.73 bits per heavy atom. The predicted octanol–water partition coefficient (Wildman–Crippen LogP) is 3.06. The highest BCUT2D eigenvalue weighted by atomic mass is 79.9. The summed E-state index contributed by atoms with van der Waals surface area (Å²) in [6.07, 6.45) is 5.40. The Bertz CT molecular complexity index is 332. The Labute approximate surface area is 99.4 Å². The highest BCUT2D eigenvalue weighted by Crippen LogP contribution is 2.21. The van der Waals surface area contributed by atoms with E-state index in [1.807, 2.05) is 12.1 Å². The van der Waals surface area contributed by atoms with Gasteiger partial charge in [0.1, 0.15) is 0 Å². The van der Waals surface area contributed by atoms with Crippen LogP contribution in [0.25, 0.3) is 0 Å². The molecule has 1 fully saturated rings. The van der Waals surface area contributed by atoms with E-state index in [2.05, 4.69) is 27.3 Å². The summed E-state index contributed by atoms with van der Waals surface area (Å²) >= 11 is 3.40. The number of nitrogens with one attached hydrogen (secondary N) is 1. The van der Waals surface area contributed by atoms with Gasteiger partial charge in [-0.05, 0) is 46.5 Å². The third-order valence-corrected chi connectivity index (χ3v) is 3.73. The zero-order chi connectivity index (χ0) is 10.7. The summed E-state index contributed by atoms with van der Waals surface area (Å²) in [5, 5.41) is 3.57. The topological polar surface area (TPSA) is 38.0 Å². The standard InChI is InChI=1S/C12H17BrN2/c13-11-6-5-9(7-12(11)14)8-15-10-3-1-2-4-10/h5-7,10,15H,1-4,8,14H2. The molecule has 1 aromatic carbocycles. The number of nitrogens with two attached hydrogens (primary N) is 1. The lowest BCUT2D eigenvalue weighted by atomic mass is 10.2. The van der Waals surface area contributed by atoms with Gasteiger partial charge in [0.15, 0.2) is 0 Å². The van der Waals surface area contributed by atoms with Gasteiger partial charge in [0.25, 0.3) is 0 Å². The van der Waals surface area contributed by atoms with Crippen LogP contribution in [0.4, 0.5) is 5.69 Å². The predicted molar refractivity (Wildman–Crippen MR) is 67.7 cm³/mol. The zero-order valence-electron chi connectivity index (χ0n) is 8.80. The van der Waals surface area contributed by atoms with Gasteiger partial charge in [0.05, 0.1) is 0 Å². The van der Waals surface area contributed by atoms with Crippen LogP contribution in [0.1, 0.15) is 31.2 Å². The largest absolute Gasteiger partial charge is 0.398 e. The first kappa shape index (κ1) is 11.0. The van der Waals surface area contributed by atoms with E-state index in [-0.39, 0.29) is 0 Å². The van der Waals surface area contributed by atoms with Crippen LogP contribution in [0, 0.1) is 0 Å². The Hall–Kier alpha value is -0.540. The van der Waals surface area contributed by atoms with Gasteiger partial charge in [-0.1, -0.05) is 18.9 Å². The van der Waals surface area contributed by atoms with Gasteiger partial charge >= 0.3 is 0 Å². The average Bonchev–Trinajstić information content (AvgIpc) is 2.73. The van der Waals surface area contributed by atoms with Gasteiger partial charge in [-0.3, -0.25) is 0 Å². The summed E-state index contributed by atoms with van der Waals surface area (Å²) < 4.78 is 0.979. The Morgan fingerprint density at radius 2 is 2.07 bits per heavy atom. The first-order valence-corrected chi connectivity index (χ1v) is 6.32. The molecule has 1 aliphatic carbocycles. The number of benzene rings is 1. The molecule has 0 aliphatic heterocycles. The maximum absolute atomic E-state index is 5.83. The van der Waals surface area contributed by atoms with Crippen LogP contribution in [0.15, 0.2) is 22.7 Å². The van der Waals surface area contributed by atoms with E-state index in [1.165, 1.54) is 31.2 Å². The molecule has 3 N–H and O–H groups in total. The number of anilines is 1. The molecule has 0 atom stereocenters. The van der Waals surface area contributed by atoms with Crippen LogP contribution in [-0.2, 0) is 6.54 Å². The Morgan fingerprint density at radius 1 is 1.33 bits per heavy atom. The van der Waals surface area contributed by atoms with Crippen molar-refractivity contribution in [2.75, 3.05) is 5.73 Å². The summed E-state index contributed by atoms with van der Waals surface area (Å²) in [5.74, 6) is 0. The molecule has 0 amide bonds. The molecule has 0 heterocycles. The fourth-order valence-electron chi connectivity index (χ4n) is 2.10. The SMILES string of the molecule is Nc1cc(CNC2CCCC2)ccc1Br. The quantitative estimate of drug-likeness (QED) is 0.828. The molecular formula is C12H17BrN2. The molecule has 1 aliphatic rings. The minimum Gasteiger partial charge on any atom is -0.398 e. The minimum absolute atomic E-state index is 0.717. The van der Waals surface area contributed by atoms with Crippen LogP contribution in [-0.4, -0.2) is 6.04 Å². The van der Waals surface area contributed by atoms with Gasteiger partial charge in [0.2, 0.25) is 0 Å². The molecule has 15 heavy (non-hydrogen) atoms. The van der Waals surface area contributed by atoms with E-state index in [4.69, 9.17) is 5.73 Å². The summed E-state index contributed by atoms with van der Waals surface area (Å²) in [4.78, 5) is 0. The molecule has 3 heteroatoms. The van der Waals surface area contributed by atoms with E-state index in [0.29, 0.717) is 0 Å². The van der Waals surface area contributed by atoms with Crippen molar-refractivity contribution in [1.82, 2.24) is 5.32 Å². The van der Waals surface area contributed by atoms with E-state index in [1.54, 1.807) is 0 Å². The monoisotopic (exact) mass is 268 g/mol. The lowest BCUT2D eigenvalue weighted by molar-refractivity contribution is 0.524. The van der Waals surface area contributed by atoms with Crippen molar-refractivity contribution in [3.8, 4) is 0 Å². The smallest absolute Gasteiger partial charge is 0.0461 e. The zero-order valence-corrected chi connectivity index (χ0v) is 10.4. The van der Waals surface area contributed by atoms with Crippen molar-refractivity contribution in [3.63, 3.8) is 0 Å². The number of halogens is 1. The van der Waals surface area contributed by atoms with Crippen molar-refractivity contribution in [2.24, 2.45) is 0 Å². The minimum atomic E-state index is 0.717. The lowest BCUT2D eigenvalue weighted by Gasteiger charge is -2.12. The molecule has 0 bridgehead atoms. The van der Waals surface area contributed by atoms with Crippen LogP contribution < -0.4 is 11.1 Å². The van der Waals surface area contributed by atoms with Gasteiger partial charge in [-0.25, -0.2) is 0 Å². The third-order valence-electron chi connectivity index (χ3n) is 3.01. The van der Waals surface area contributed by atoms with E-state index in [9.17, 15) is 0 Å². The molecule has 0 radical (unpaired) electrons. The van der Waals surface area contributed by atoms with Crippen molar-refractivity contribution in [1.29, 1.82) is 0 Å². The summed E-state index contributed by atoms with van der Waals surface area (Å²) in [6, 6.07) is 6.88. The van der Waals surface area contributed by atoms with Crippen LogP contribution in [0.2, 0.25) is 0 Å². The Balaban J connectivity index is 1.90. The highest BCUT2D eigenvalue weighted by molar-refractivity contribution is 9.10. The Kier molecular flexibility index (Phi) is 3.65. The van der Waals surface area contributed by atoms with Gasteiger partial charge in [-0.2, -0.15) is 0 Å². The fraction of sp³-hybridized carbons (Fsp3) is 0.500. The molecule has 2 nitrogen and oxygen atoms in total. The summed E-state index contributed by atoms with van der Waals surface area (Å²) in [6.45, 7) is 0.933. The molecular weight excluding hydrogens is 252 g/mol. The van der Waals surface area contributed by atoms with Gasteiger partial charge in [0, 0.05) is 22.7 Å². The fourth-order valence-corrected chi connectivity index (χ4v) is 2.34. The summed E-state index contributed by atoms with van der Waals surface area (Å²) in [7, 11) is 0. The first-order chi connectivity index (χ1) is 7.25. The molecule has 2 rings (SSSR count). The number of rotatable bonds is 3. The van der Waals surface area contributed by atoms with Crippen molar-refractivity contribution >= 4 is 21.6 Å². The maximum atomic E-state index is 5.83. The van der Waals surface area contributed by atoms with E-state index in [0.717, 1.165) is 22.7 Å². The summed E-state index contributed by atoms with van der Waals surface area (Å²) in [5.41, 5.74) is 7.92. The second-order valence-corrected chi connectivity index (χ2v) is 5.07. The second kappa shape index (κ2) is 4.99. The molecule has 0 saturated heterocycles. The second-order valence-electron chi connectivity index (χ2n) is 4.22. The highest BCUT2D eigenvalue weighted by Gasteiger charge is 2.13. The molecule has 1 saturated carbocycles. The normalized spacial score (nSPS) is 17.1. The average molecular weight is 269 g/mol.